The average Bonchev–Trinajstić information content (AvgIpc) is 2.16. The Morgan fingerprint density at radius 3 is 2.53 bits per heavy atom. The van der Waals surface area contributed by atoms with E-state index in [1.807, 2.05) is 0 Å². The Bertz CT molecular complexity index is 278. The van der Waals surface area contributed by atoms with Crippen molar-refractivity contribution in [2.45, 2.75) is 52.9 Å². The molecule has 0 spiro atoms. The molecule has 1 aliphatic carbocycles. The molecule has 0 saturated carbocycles. The van der Waals surface area contributed by atoms with E-state index in [0.717, 1.165) is 0 Å². The van der Waals surface area contributed by atoms with Crippen LogP contribution in [0.2, 0.25) is 0 Å². The third kappa shape index (κ3) is 4.51. The third-order valence-corrected chi connectivity index (χ3v) is 3.37. The second-order valence-corrected chi connectivity index (χ2v) is 4.96. The molecule has 0 N–H and O–H groups in total. The maximum atomic E-state index is 4.11. The second-order valence-electron chi connectivity index (χ2n) is 4.96. The van der Waals surface area contributed by atoms with Gasteiger partial charge in [-0.3, -0.25) is 0 Å². The summed E-state index contributed by atoms with van der Waals surface area (Å²) >= 11 is 0. The standard InChI is InChI=1S/C15H24/c1-12(2)15-10-8-13(3)6-5-7-14(4)9-11-15/h6,9,15H,1,5,7-8,10-11H2,2-4H3/b13-6-,14-9-/t15-/m0/s1. The molecule has 0 amide bonds. The van der Waals surface area contributed by atoms with Crippen LogP contribution in [0.3, 0.4) is 0 Å². The van der Waals surface area contributed by atoms with Crippen LogP contribution in [0.5, 0.6) is 0 Å². The number of allylic oxidation sites excluding steroid dienone is 5. The largest absolute Gasteiger partial charge is 0.0998 e. The molecule has 15 heavy (non-hydrogen) atoms. The smallest absolute Gasteiger partial charge is 0.0171 e. The minimum atomic E-state index is 0.682. The second kappa shape index (κ2) is 5.95. The minimum Gasteiger partial charge on any atom is -0.0998 e. The molecule has 0 radical (unpaired) electrons. The summed E-state index contributed by atoms with van der Waals surface area (Å²) in [5.74, 6) is 0.682. The fraction of sp³-hybridized carbons (Fsp3) is 0.600. The van der Waals surface area contributed by atoms with Crippen molar-refractivity contribution in [3.8, 4) is 0 Å². The van der Waals surface area contributed by atoms with Crippen molar-refractivity contribution in [1.82, 2.24) is 0 Å². The van der Waals surface area contributed by atoms with Crippen molar-refractivity contribution in [3.63, 3.8) is 0 Å². The first-order valence-electron chi connectivity index (χ1n) is 6.06. The van der Waals surface area contributed by atoms with E-state index in [4.69, 9.17) is 0 Å². The summed E-state index contributed by atoms with van der Waals surface area (Å²) in [7, 11) is 0. The first kappa shape index (κ1) is 12.3. The first-order chi connectivity index (χ1) is 7.09. The lowest BCUT2D eigenvalue weighted by Gasteiger charge is -2.17. The molecule has 0 heterocycles. The lowest BCUT2D eigenvalue weighted by atomic mass is 9.89. The van der Waals surface area contributed by atoms with Gasteiger partial charge in [0.2, 0.25) is 0 Å². The molecule has 1 aliphatic rings. The van der Waals surface area contributed by atoms with Crippen LogP contribution in [0, 0.1) is 5.92 Å². The summed E-state index contributed by atoms with van der Waals surface area (Å²) in [5.41, 5.74) is 4.43. The van der Waals surface area contributed by atoms with Crippen molar-refractivity contribution in [1.29, 1.82) is 0 Å². The molecular weight excluding hydrogens is 180 g/mol. The van der Waals surface area contributed by atoms with Crippen molar-refractivity contribution < 1.29 is 0 Å². The van der Waals surface area contributed by atoms with Gasteiger partial charge in [0.1, 0.15) is 0 Å². The van der Waals surface area contributed by atoms with E-state index < -0.39 is 0 Å². The first-order valence-corrected chi connectivity index (χ1v) is 6.06. The molecule has 0 saturated heterocycles. The Hall–Kier alpha value is -0.780. The fourth-order valence-electron chi connectivity index (χ4n) is 2.06. The molecule has 84 valence electrons. The molecule has 1 rings (SSSR count). The number of rotatable bonds is 1. The van der Waals surface area contributed by atoms with Gasteiger partial charge in [-0.1, -0.05) is 35.5 Å². The number of hydrogen-bond acceptors (Lipinski definition) is 0. The Labute approximate surface area is 94.8 Å². The lowest BCUT2D eigenvalue weighted by Crippen LogP contribution is -2.02. The zero-order valence-corrected chi connectivity index (χ0v) is 10.5. The average molecular weight is 204 g/mol. The summed E-state index contributed by atoms with van der Waals surface area (Å²) in [6.07, 6.45) is 10.9. The summed E-state index contributed by atoms with van der Waals surface area (Å²) < 4.78 is 0. The zero-order valence-electron chi connectivity index (χ0n) is 10.5. The maximum absolute atomic E-state index is 4.11. The van der Waals surface area contributed by atoms with Crippen molar-refractivity contribution >= 4 is 0 Å². The van der Waals surface area contributed by atoms with Gasteiger partial charge < -0.3 is 0 Å². The monoisotopic (exact) mass is 204 g/mol. The van der Waals surface area contributed by atoms with Crippen LogP contribution in [0.4, 0.5) is 0 Å². The van der Waals surface area contributed by atoms with Crippen LogP contribution in [-0.4, -0.2) is 0 Å². The van der Waals surface area contributed by atoms with Crippen LogP contribution >= 0.6 is 0 Å². The van der Waals surface area contributed by atoms with E-state index in [2.05, 4.69) is 39.5 Å². The summed E-state index contributed by atoms with van der Waals surface area (Å²) in [5, 5.41) is 0. The molecule has 0 unspecified atom stereocenters. The molecule has 1 atom stereocenters. The highest BCUT2D eigenvalue weighted by Crippen LogP contribution is 2.25. The Kier molecular flexibility index (Phi) is 4.87. The van der Waals surface area contributed by atoms with E-state index in [9.17, 15) is 0 Å². The van der Waals surface area contributed by atoms with Gasteiger partial charge in [0.05, 0.1) is 0 Å². The zero-order chi connectivity index (χ0) is 11.3. The van der Waals surface area contributed by atoms with E-state index in [1.54, 1.807) is 5.57 Å². The van der Waals surface area contributed by atoms with Crippen LogP contribution in [0.15, 0.2) is 35.5 Å². The molecule has 0 fully saturated rings. The van der Waals surface area contributed by atoms with Gasteiger partial charge >= 0.3 is 0 Å². The van der Waals surface area contributed by atoms with Gasteiger partial charge in [0, 0.05) is 0 Å². The third-order valence-electron chi connectivity index (χ3n) is 3.37. The topological polar surface area (TPSA) is 0 Å². The van der Waals surface area contributed by atoms with Gasteiger partial charge in [-0.25, -0.2) is 0 Å². The lowest BCUT2D eigenvalue weighted by molar-refractivity contribution is 0.562. The Morgan fingerprint density at radius 1 is 1.20 bits per heavy atom. The molecule has 0 aromatic rings. The number of hydrogen-bond donors (Lipinski definition) is 0. The van der Waals surface area contributed by atoms with Crippen LogP contribution in [0.25, 0.3) is 0 Å². The molecule has 0 aromatic carbocycles. The molecule has 0 bridgehead atoms. The molecule has 0 nitrogen and oxygen atoms in total. The summed E-state index contributed by atoms with van der Waals surface area (Å²) in [6.45, 7) is 10.8. The van der Waals surface area contributed by atoms with Crippen molar-refractivity contribution in [3.05, 3.63) is 35.5 Å². The predicted molar refractivity (Wildman–Crippen MR) is 68.9 cm³/mol. The van der Waals surface area contributed by atoms with Gasteiger partial charge in [-0.05, 0) is 58.8 Å². The quantitative estimate of drug-likeness (QED) is 0.525. The van der Waals surface area contributed by atoms with Crippen LogP contribution in [0.1, 0.15) is 52.9 Å². The van der Waals surface area contributed by atoms with Crippen molar-refractivity contribution in [2.24, 2.45) is 5.92 Å². The normalized spacial score (nSPS) is 31.0. The highest BCUT2D eigenvalue weighted by Gasteiger charge is 2.09. The van der Waals surface area contributed by atoms with E-state index in [1.165, 1.54) is 43.3 Å². The van der Waals surface area contributed by atoms with Gasteiger partial charge in [0.15, 0.2) is 0 Å². The van der Waals surface area contributed by atoms with Crippen LogP contribution < -0.4 is 0 Å². The Morgan fingerprint density at radius 2 is 1.87 bits per heavy atom. The Balaban J connectivity index is 2.70. The van der Waals surface area contributed by atoms with Crippen LogP contribution in [-0.2, 0) is 0 Å². The summed E-state index contributed by atoms with van der Waals surface area (Å²) in [4.78, 5) is 0. The summed E-state index contributed by atoms with van der Waals surface area (Å²) in [6, 6.07) is 0. The van der Waals surface area contributed by atoms with Gasteiger partial charge in [-0.15, -0.1) is 0 Å². The van der Waals surface area contributed by atoms with Gasteiger partial charge in [0.25, 0.3) is 0 Å². The SMILES string of the molecule is C=C(C)[C@@H]1C/C=C(/C)CC/C=C(/C)CC1. The minimum absolute atomic E-state index is 0.682. The molecule has 0 aliphatic heterocycles. The van der Waals surface area contributed by atoms with E-state index in [0.29, 0.717) is 5.92 Å². The highest BCUT2D eigenvalue weighted by molar-refractivity contribution is 5.09. The van der Waals surface area contributed by atoms with E-state index >= 15 is 0 Å². The molecule has 0 aromatic heterocycles. The predicted octanol–water partition coefficient (Wildman–Crippen LogP) is 5.04. The molecular formula is C15H24. The van der Waals surface area contributed by atoms with E-state index in [-0.39, 0.29) is 0 Å². The highest BCUT2D eigenvalue weighted by atomic mass is 14.1. The van der Waals surface area contributed by atoms with Gasteiger partial charge in [-0.2, -0.15) is 0 Å². The molecule has 0 heteroatoms. The maximum Gasteiger partial charge on any atom is -0.0171 e. The fourth-order valence-corrected chi connectivity index (χ4v) is 2.06. The van der Waals surface area contributed by atoms with Crippen molar-refractivity contribution in [2.75, 3.05) is 0 Å².